The van der Waals surface area contributed by atoms with Crippen LogP contribution in [-0.4, -0.2) is 24.2 Å². The van der Waals surface area contributed by atoms with Gasteiger partial charge in [-0.25, -0.2) is 0 Å². The minimum atomic E-state index is -0.0343. The summed E-state index contributed by atoms with van der Waals surface area (Å²) >= 11 is 12.0. The van der Waals surface area contributed by atoms with Crippen molar-refractivity contribution in [3.63, 3.8) is 0 Å². The maximum atomic E-state index is 8.68. The lowest BCUT2D eigenvalue weighted by Gasteiger charge is -2.16. The first kappa shape index (κ1) is 21.8. The van der Waals surface area contributed by atoms with E-state index in [0.29, 0.717) is 22.5 Å². The Labute approximate surface area is 159 Å². The Morgan fingerprint density at radius 2 is 1.95 bits per heavy atom. The third-order valence-electron chi connectivity index (χ3n) is 3.14. The van der Waals surface area contributed by atoms with E-state index in [-0.39, 0.29) is 36.6 Å². The van der Waals surface area contributed by atoms with Crippen LogP contribution in [0.4, 0.5) is 0 Å². The predicted octanol–water partition coefficient (Wildman–Crippen LogP) is 4.13. The fraction of sp³-hybridized carbons (Fsp3) is 0.533. The van der Waals surface area contributed by atoms with Crippen molar-refractivity contribution in [1.29, 1.82) is 0 Å². The molecule has 0 saturated heterocycles. The van der Waals surface area contributed by atoms with Crippen molar-refractivity contribution in [2.75, 3.05) is 13.2 Å². The van der Waals surface area contributed by atoms with Gasteiger partial charge in [0.2, 0.25) is 0 Å². The molecule has 0 aliphatic heterocycles. The van der Waals surface area contributed by atoms with Crippen LogP contribution in [0.2, 0.25) is 10.0 Å². The fourth-order valence-electron chi connectivity index (χ4n) is 1.97. The highest BCUT2D eigenvalue weighted by molar-refractivity contribution is 14.0. The number of nitrogens with one attached hydrogen (secondary N) is 1. The molecule has 22 heavy (non-hydrogen) atoms. The van der Waals surface area contributed by atoms with Gasteiger partial charge >= 0.3 is 0 Å². The van der Waals surface area contributed by atoms with E-state index in [1.807, 2.05) is 13.0 Å². The summed E-state index contributed by atoms with van der Waals surface area (Å²) in [5.41, 5.74) is 6.80. The van der Waals surface area contributed by atoms with Crippen LogP contribution in [0.25, 0.3) is 0 Å². The minimum absolute atomic E-state index is 0. The quantitative estimate of drug-likeness (QED) is 0.237. The molecule has 0 heterocycles. The molecule has 1 unspecified atom stereocenters. The van der Waals surface area contributed by atoms with E-state index in [2.05, 4.69) is 10.3 Å². The highest BCUT2D eigenvalue weighted by Gasteiger charge is 2.10. The molecule has 126 valence electrons. The van der Waals surface area contributed by atoms with Crippen LogP contribution in [0, 0.1) is 0 Å². The average Bonchev–Trinajstić information content (AvgIpc) is 2.42. The van der Waals surface area contributed by atoms with Gasteiger partial charge in [-0.1, -0.05) is 42.1 Å². The number of unbranched alkanes of at least 4 members (excludes halogenated alkanes) is 3. The smallest absolute Gasteiger partial charge is 0.189 e. The van der Waals surface area contributed by atoms with Crippen molar-refractivity contribution in [3.05, 3.63) is 33.8 Å². The fourth-order valence-corrected chi connectivity index (χ4v) is 2.55. The van der Waals surface area contributed by atoms with Gasteiger partial charge in [-0.15, -0.1) is 24.0 Å². The molecule has 1 rings (SSSR count). The molecule has 0 saturated carbocycles. The van der Waals surface area contributed by atoms with Crippen LogP contribution in [0.3, 0.4) is 0 Å². The van der Waals surface area contributed by atoms with Gasteiger partial charge in [-0.2, -0.15) is 0 Å². The van der Waals surface area contributed by atoms with Crippen LogP contribution in [0.1, 0.15) is 44.2 Å². The number of hydrogen-bond donors (Lipinski definition) is 3. The molecule has 1 aromatic rings. The van der Waals surface area contributed by atoms with E-state index < -0.39 is 0 Å². The van der Waals surface area contributed by atoms with Gasteiger partial charge in [0.1, 0.15) is 0 Å². The topological polar surface area (TPSA) is 70.6 Å². The first-order valence-corrected chi connectivity index (χ1v) is 7.92. The molecular weight excluding hydrogens is 436 g/mol. The van der Waals surface area contributed by atoms with E-state index >= 15 is 0 Å². The molecule has 1 atom stereocenters. The van der Waals surface area contributed by atoms with Gasteiger partial charge in [0.05, 0.1) is 6.04 Å². The Kier molecular flexibility index (Phi) is 12.1. The van der Waals surface area contributed by atoms with Crippen LogP contribution in [0.5, 0.6) is 0 Å². The number of benzene rings is 1. The standard InChI is InChI=1S/C15H23Cl2N3O.HI/c1-11(13-7-6-12(16)10-14(13)17)20-15(18)19-8-4-2-3-5-9-21;/h6-7,10-11,21H,2-5,8-9H2,1H3,(H3,18,19,20);1H. The Hall–Kier alpha value is -0.240. The Balaban J connectivity index is 0.00000441. The number of aliphatic hydroxyl groups is 1. The monoisotopic (exact) mass is 459 g/mol. The van der Waals surface area contributed by atoms with E-state index in [1.54, 1.807) is 12.1 Å². The molecule has 0 aliphatic carbocycles. The Morgan fingerprint density at radius 1 is 1.27 bits per heavy atom. The number of aliphatic imine (C=N–C) groups is 1. The third-order valence-corrected chi connectivity index (χ3v) is 3.70. The summed E-state index contributed by atoms with van der Waals surface area (Å²) in [7, 11) is 0. The second kappa shape index (κ2) is 12.2. The zero-order chi connectivity index (χ0) is 15.7. The molecule has 7 heteroatoms. The van der Waals surface area contributed by atoms with Crippen LogP contribution < -0.4 is 11.1 Å². The van der Waals surface area contributed by atoms with Crippen LogP contribution >= 0.6 is 47.2 Å². The van der Waals surface area contributed by atoms with Crippen LogP contribution in [0.15, 0.2) is 23.2 Å². The lowest BCUT2D eigenvalue weighted by Crippen LogP contribution is -2.34. The second-order valence-corrected chi connectivity index (χ2v) is 5.78. The summed E-state index contributed by atoms with van der Waals surface area (Å²) in [6.45, 7) is 2.91. The van der Waals surface area contributed by atoms with Crippen molar-refractivity contribution >= 4 is 53.1 Å². The molecule has 4 nitrogen and oxygen atoms in total. The van der Waals surface area contributed by atoms with Crippen molar-refractivity contribution in [1.82, 2.24) is 5.32 Å². The van der Waals surface area contributed by atoms with Crippen molar-refractivity contribution in [3.8, 4) is 0 Å². The van der Waals surface area contributed by atoms with Crippen molar-refractivity contribution in [2.24, 2.45) is 10.7 Å². The zero-order valence-corrected chi connectivity index (χ0v) is 16.5. The maximum Gasteiger partial charge on any atom is 0.189 e. The summed E-state index contributed by atoms with van der Waals surface area (Å²) in [6.07, 6.45) is 3.90. The normalized spacial score (nSPS) is 12.6. The Bertz CT molecular complexity index is 472. The van der Waals surface area contributed by atoms with Gasteiger partial charge in [0.25, 0.3) is 0 Å². The van der Waals surface area contributed by atoms with Gasteiger partial charge in [0.15, 0.2) is 5.96 Å². The first-order valence-electron chi connectivity index (χ1n) is 7.17. The summed E-state index contributed by atoms with van der Waals surface area (Å²) in [5, 5.41) is 13.0. The molecule has 0 aromatic heterocycles. The van der Waals surface area contributed by atoms with E-state index in [0.717, 1.165) is 31.2 Å². The third kappa shape index (κ3) is 8.41. The number of aliphatic hydroxyl groups excluding tert-OH is 1. The molecule has 1 aromatic carbocycles. The highest BCUT2D eigenvalue weighted by Crippen LogP contribution is 2.25. The average molecular weight is 460 g/mol. The lowest BCUT2D eigenvalue weighted by molar-refractivity contribution is 0.282. The van der Waals surface area contributed by atoms with Gasteiger partial charge in [-0.3, -0.25) is 4.99 Å². The molecule has 0 fully saturated rings. The number of rotatable bonds is 8. The van der Waals surface area contributed by atoms with Gasteiger partial charge < -0.3 is 16.2 Å². The first-order chi connectivity index (χ1) is 10.0. The van der Waals surface area contributed by atoms with Crippen molar-refractivity contribution < 1.29 is 5.11 Å². The summed E-state index contributed by atoms with van der Waals surface area (Å²) < 4.78 is 0. The molecular formula is C15H24Cl2IN3O. The number of nitrogens with zero attached hydrogens (tertiary/aromatic N) is 1. The summed E-state index contributed by atoms with van der Waals surface area (Å²) in [4.78, 5) is 4.29. The maximum absolute atomic E-state index is 8.68. The molecule has 4 N–H and O–H groups in total. The second-order valence-electron chi connectivity index (χ2n) is 4.94. The van der Waals surface area contributed by atoms with E-state index in [9.17, 15) is 0 Å². The molecule has 0 bridgehead atoms. The van der Waals surface area contributed by atoms with Crippen molar-refractivity contribution in [2.45, 2.75) is 38.6 Å². The van der Waals surface area contributed by atoms with Crippen LogP contribution in [-0.2, 0) is 0 Å². The van der Waals surface area contributed by atoms with Gasteiger partial charge in [0, 0.05) is 23.2 Å². The van der Waals surface area contributed by atoms with E-state index in [1.165, 1.54) is 0 Å². The molecule has 0 aliphatic rings. The SMILES string of the molecule is CC(NC(N)=NCCCCCCO)c1ccc(Cl)cc1Cl.I. The number of halogens is 3. The van der Waals surface area contributed by atoms with Gasteiger partial charge in [-0.05, 0) is 37.5 Å². The molecule has 0 spiro atoms. The highest BCUT2D eigenvalue weighted by atomic mass is 127. The predicted molar refractivity (Wildman–Crippen MR) is 105 cm³/mol. The number of guanidine groups is 1. The minimum Gasteiger partial charge on any atom is -0.396 e. The lowest BCUT2D eigenvalue weighted by atomic mass is 10.1. The summed E-state index contributed by atoms with van der Waals surface area (Å²) in [5.74, 6) is 0.413. The number of hydrogen-bond acceptors (Lipinski definition) is 2. The zero-order valence-electron chi connectivity index (χ0n) is 12.7. The Morgan fingerprint density at radius 3 is 2.59 bits per heavy atom. The van der Waals surface area contributed by atoms with E-state index in [4.69, 9.17) is 34.0 Å². The molecule has 0 radical (unpaired) electrons. The molecule has 0 amide bonds. The number of nitrogens with two attached hydrogens (primary N) is 1. The summed E-state index contributed by atoms with van der Waals surface area (Å²) in [6, 6.07) is 5.36. The largest absolute Gasteiger partial charge is 0.396 e.